The molecule has 1 aromatic heterocycles. The summed E-state index contributed by atoms with van der Waals surface area (Å²) in [5, 5.41) is 12.1. The van der Waals surface area contributed by atoms with E-state index in [9.17, 15) is 4.79 Å². The Morgan fingerprint density at radius 3 is 3.00 bits per heavy atom. The van der Waals surface area contributed by atoms with Gasteiger partial charge in [-0.25, -0.2) is 4.98 Å². The van der Waals surface area contributed by atoms with Crippen molar-refractivity contribution in [3.8, 4) is 6.07 Å². The quantitative estimate of drug-likeness (QED) is 0.842. The van der Waals surface area contributed by atoms with Gasteiger partial charge < -0.3 is 11.1 Å². The molecule has 1 amide bonds. The summed E-state index contributed by atoms with van der Waals surface area (Å²) in [6.07, 6.45) is 2.70. The van der Waals surface area contributed by atoms with Crippen LogP contribution in [0.4, 0.5) is 5.82 Å². The normalized spacial score (nSPS) is 17.2. The van der Waals surface area contributed by atoms with Crippen LogP contribution in [0.15, 0.2) is 42.6 Å². The average molecular weight is 335 g/mol. The minimum atomic E-state index is -0.389. The Morgan fingerprint density at radius 1 is 1.40 bits per heavy atom. The zero-order valence-corrected chi connectivity index (χ0v) is 14.0. The SMILES string of the molecule is N#Cc1ccc(NCC2CCN(Cc3cccc(C(N)=O)c3)C2)nc1. The third-order valence-corrected chi connectivity index (χ3v) is 4.45. The summed E-state index contributed by atoms with van der Waals surface area (Å²) in [7, 11) is 0. The molecule has 2 heterocycles. The first kappa shape index (κ1) is 16.9. The maximum atomic E-state index is 11.3. The molecule has 3 N–H and O–H groups in total. The van der Waals surface area contributed by atoms with Crippen LogP contribution in [0.3, 0.4) is 0 Å². The van der Waals surface area contributed by atoms with E-state index in [1.54, 1.807) is 18.3 Å². The fourth-order valence-corrected chi connectivity index (χ4v) is 3.12. The predicted molar refractivity (Wildman–Crippen MR) is 95.8 cm³/mol. The summed E-state index contributed by atoms with van der Waals surface area (Å²) in [5.41, 5.74) is 7.57. The average Bonchev–Trinajstić information content (AvgIpc) is 3.08. The van der Waals surface area contributed by atoms with Gasteiger partial charge in [-0.1, -0.05) is 12.1 Å². The van der Waals surface area contributed by atoms with Gasteiger partial charge in [-0.2, -0.15) is 5.26 Å². The Kier molecular flexibility index (Phi) is 5.26. The van der Waals surface area contributed by atoms with Crippen LogP contribution < -0.4 is 11.1 Å². The lowest BCUT2D eigenvalue weighted by Gasteiger charge is -2.17. The van der Waals surface area contributed by atoms with Crippen LogP contribution in [-0.2, 0) is 6.54 Å². The van der Waals surface area contributed by atoms with E-state index in [1.807, 2.05) is 24.3 Å². The van der Waals surface area contributed by atoms with Crippen LogP contribution in [0.5, 0.6) is 0 Å². The van der Waals surface area contributed by atoms with Gasteiger partial charge in [0.15, 0.2) is 0 Å². The fraction of sp³-hybridized carbons (Fsp3) is 0.316. The second-order valence-electron chi connectivity index (χ2n) is 6.38. The van der Waals surface area contributed by atoms with Crippen LogP contribution in [0, 0.1) is 17.2 Å². The van der Waals surface area contributed by atoms with Crippen molar-refractivity contribution in [2.45, 2.75) is 13.0 Å². The zero-order valence-electron chi connectivity index (χ0n) is 14.0. The van der Waals surface area contributed by atoms with Crippen LogP contribution >= 0.6 is 0 Å². The van der Waals surface area contributed by atoms with E-state index in [2.05, 4.69) is 21.3 Å². The van der Waals surface area contributed by atoms with Crippen molar-refractivity contribution in [3.63, 3.8) is 0 Å². The minimum absolute atomic E-state index is 0.389. The van der Waals surface area contributed by atoms with Gasteiger partial charge in [0, 0.05) is 31.4 Å². The molecule has 128 valence electrons. The molecule has 6 heteroatoms. The fourth-order valence-electron chi connectivity index (χ4n) is 3.12. The maximum absolute atomic E-state index is 11.3. The van der Waals surface area contributed by atoms with Crippen molar-refractivity contribution in [2.75, 3.05) is 25.0 Å². The summed E-state index contributed by atoms with van der Waals surface area (Å²) in [6.45, 7) is 3.72. The molecule has 2 aromatic rings. The lowest BCUT2D eigenvalue weighted by Crippen LogP contribution is -2.23. The number of nitriles is 1. The van der Waals surface area contributed by atoms with Crippen LogP contribution in [-0.4, -0.2) is 35.4 Å². The monoisotopic (exact) mass is 335 g/mol. The van der Waals surface area contributed by atoms with E-state index in [-0.39, 0.29) is 5.91 Å². The number of pyridine rings is 1. The first-order valence-corrected chi connectivity index (χ1v) is 8.35. The van der Waals surface area contributed by atoms with Crippen molar-refractivity contribution < 1.29 is 4.79 Å². The number of rotatable bonds is 6. The van der Waals surface area contributed by atoms with Crippen LogP contribution in [0.2, 0.25) is 0 Å². The second kappa shape index (κ2) is 7.77. The summed E-state index contributed by atoms with van der Waals surface area (Å²) in [5.74, 6) is 0.962. The first-order valence-electron chi connectivity index (χ1n) is 8.35. The van der Waals surface area contributed by atoms with Crippen molar-refractivity contribution in [1.29, 1.82) is 5.26 Å². The highest BCUT2D eigenvalue weighted by Gasteiger charge is 2.22. The minimum Gasteiger partial charge on any atom is -0.370 e. The standard InChI is InChI=1S/C19H21N5O/c20-9-15-4-5-18(22-10-15)23-11-16-6-7-24(13-16)12-14-2-1-3-17(8-14)19(21)25/h1-5,8,10,16H,6-7,11-13H2,(H2,21,25)(H,22,23). The number of benzene rings is 1. The van der Waals surface area contributed by atoms with Gasteiger partial charge in [0.05, 0.1) is 5.56 Å². The number of nitrogens with two attached hydrogens (primary N) is 1. The molecule has 1 unspecified atom stereocenters. The Hall–Kier alpha value is -2.91. The van der Waals surface area contributed by atoms with E-state index in [0.29, 0.717) is 17.0 Å². The molecule has 1 fully saturated rings. The number of nitrogens with one attached hydrogen (secondary N) is 1. The molecule has 6 nitrogen and oxygen atoms in total. The molecule has 25 heavy (non-hydrogen) atoms. The molecule has 0 radical (unpaired) electrons. The first-order chi connectivity index (χ1) is 12.1. The number of amides is 1. The topological polar surface area (TPSA) is 95.0 Å². The molecule has 3 rings (SSSR count). The lowest BCUT2D eigenvalue weighted by molar-refractivity contribution is 0.1000. The lowest BCUT2D eigenvalue weighted by atomic mass is 10.1. The summed E-state index contributed by atoms with van der Waals surface area (Å²) in [6, 6.07) is 13.2. The molecule has 1 aliphatic heterocycles. The molecule has 0 spiro atoms. The van der Waals surface area contributed by atoms with Crippen molar-refractivity contribution in [3.05, 3.63) is 59.3 Å². The Bertz CT molecular complexity index is 781. The van der Waals surface area contributed by atoms with Crippen LogP contribution in [0.1, 0.15) is 27.9 Å². The highest BCUT2D eigenvalue weighted by Crippen LogP contribution is 2.19. The molecular weight excluding hydrogens is 314 g/mol. The third-order valence-electron chi connectivity index (χ3n) is 4.45. The summed E-state index contributed by atoms with van der Waals surface area (Å²) < 4.78 is 0. The second-order valence-corrected chi connectivity index (χ2v) is 6.38. The largest absolute Gasteiger partial charge is 0.370 e. The van der Waals surface area contributed by atoms with Gasteiger partial charge in [0.25, 0.3) is 0 Å². The highest BCUT2D eigenvalue weighted by molar-refractivity contribution is 5.92. The number of hydrogen-bond acceptors (Lipinski definition) is 5. The Labute approximate surface area is 147 Å². The van der Waals surface area contributed by atoms with E-state index < -0.39 is 0 Å². The summed E-state index contributed by atoms with van der Waals surface area (Å²) >= 11 is 0. The van der Waals surface area contributed by atoms with Gasteiger partial charge in [0.2, 0.25) is 5.91 Å². The van der Waals surface area contributed by atoms with Gasteiger partial charge >= 0.3 is 0 Å². The number of likely N-dealkylation sites (tertiary alicyclic amines) is 1. The molecule has 0 aliphatic carbocycles. The number of carbonyl (C=O) groups excluding carboxylic acids is 1. The molecular formula is C19H21N5O. The number of nitrogens with zero attached hydrogens (tertiary/aromatic N) is 3. The zero-order chi connectivity index (χ0) is 17.6. The molecule has 0 bridgehead atoms. The van der Waals surface area contributed by atoms with Crippen molar-refractivity contribution >= 4 is 11.7 Å². The van der Waals surface area contributed by atoms with Crippen molar-refractivity contribution in [2.24, 2.45) is 11.7 Å². The number of hydrogen-bond donors (Lipinski definition) is 2. The Morgan fingerprint density at radius 2 is 2.28 bits per heavy atom. The molecule has 1 aromatic carbocycles. The molecule has 0 saturated carbocycles. The van der Waals surface area contributed by atoms with E-state index in [4.69, 9.17) is 11.0 Å². The highest BCUT2D eigenvalue weighted by atomic mass is 16.1. The van der Waals surface area contributed by atoms with Gasteiger partial charge in [-0.3, -0.25) is 9.69 Å². The third kappa shape index (κ3) is 4.55. The number of carbonyl (C=O) groups is 1. The Balaban J connectivity index is 1.49. The maximum Gasteiger partial charge on any atom is 0.248 e. The van der Waals surface area contributed by atoms with Gasteiger partial charge in [-0.15, -0.1) is 0 Å². The van der Waals surface area contributed by atoms with E-state index >= 15 is 0 Å². The molecule has 1 aliphatic rings. The number of aromatic nitrogens is 1. The van der Waals surface area contributed by atoms with Gasteiger partial charge in [0.1, 0.15) is 11.9 Å². The molecule has 1 atom stereocenters. The molecule has 1 saturated heterocycles. The predicted octanol–water partition coefficient (Wildman–Crippen LogP) is 1.99. The summed E-state index contributed by atoms with van der Waals surface area (Å²) in [4.78, 5) is 17.9. The number of anilines is 1. The van der Waals surface area contributed by atoms with E-state index in [0.717, 1.165) is 44.0 Å². The van der Waals surface area contributed by atoms with Gasteiger partial charge in [-0.05, 0) is 48.7 Å². The van der Waals surface area contributed by atoms with Crippen molar-refractivity contribution in [1.82, 2.24) is 9.88 Å². The smallest absolute Gasteiger partial charge is 0.248 e. The van der Waals surface area contributed by atoms with Crippen LogP contribution in [0.25, 0.3) is 0 Å². The van der Waals surface area contributed by atoms with E-state index in [1.165, 1.54) is 0 Å². The number of primary amides is 1.